The number of hydrogen-bond acceptors (Lipinski definition) is 9. The van der Waals surface area contributed by atoms with Crippen LogP contribution in [0, 0.1) is 0 Å². The molecule has 0 fully saturated rings. The Morgan fingerprint density at radius 1 is 1.47 bits per heavy atom. The SMILES string of the molecule is COc1nc(NN)nc(NCC(O)C(N)=O)n1. The number of primary amides is 1. The smallest absolute Gasteiger partial charge is 0.322 e. The van der Waals surface area contributed by atoms with Gasteiger partial charge in [0.1, 0.15) is 6.10 Å². The molecule has 0 aliphatic carbocycles. The Morgan fingerprint density at radius 3 is 2.65 bits per heavy atom. The lowest BCUT2D eigenvalue weighted by atomic mass is 10.3. The Kier molecular flexibility index (Phi) is 4.37. The van der Waals surface area contributed by atoms with E-state index in [1.54, 1.807) is 0 Å². The molecule has 10 heteroatoms. The van der Waals surface area contributed by atoms with E-state index in [0.29, 0.717) is 0 Å². The van der Waals surface area contributed by atoms with Crippen LogP contribution in [0.4, 0.5) is 11.9 Å². The zero-order valence-corrected chi connectivity index (χ0v) is 9.04. The summed E-state index contributed by atoms with van der Waals surface area (Å²) in [6, 6.07) is 0.0315. The van der Waals surface area contributed by atoms with E-state index in [1.165, 1.54) is 7.11 Å². The maximum Gasteiger partial charge on any atom is 0.322 e. The molecule has 1 rings (SSSR count). The second kappa shape index (κ2) is 5.77. The summed E-state index contributed by atoms with van der Waals surface area (Å²) < 4.78 is 4.80. The molecule has 0 spiro atoms. The maximum atomic E-state index is 10.6. The molecule has 0 aliphatic heterocycles. The molecule has 1 amide bonds. The molecule has 1 aromatic heterocycles. The summed E-state index contributed by atoms with van der Waals surface area (Å²) in [6.45, 7) is -0.132. The lowest BCUT2D eigenvalue weighted by molar-refractivity contribution is -0.125. The number of anilines is 2. The molecule has 1 atom stereocenters. The number of carbonyl (C=O) groups excluding carboxylic acids is 1. The summed E-state index contributed by atoms with van der Waals surface area (Å²) >= 11 is 0. The van der Waals surface area contributed by atoms with Gasteiger partial charge in [0, 0.05) is 0 Å². The molecule has 1 unspecified atom stereocenters. The molecule has 7 N–H and O–H groups in total. The first-order valence-corrected chi connectivity index (χ1v) is 4.54. The number of nitrogen functional groups attached to an aromatic ring is 1. The van der Waals surface area contributed by atoms with Gasteiger partial charge >= 0.3 is 6.01 Å². The van der Waals surface area contributed by atoms with Crippen molar-refractivity contribution in [1.82, 2.24) is 15.0 Å². The zero-order valence-electron chi connectivity index (χ0n) is 9.04. The summed E-state index contributed by atoms with van der Waals surface area (Å²) in [5, 5.41) is 11.7. The highest BCUT2D eigenvalue weighted by Crippen LogP contribution is 2.09. The minimum Gasteiger partial charge on any atom is -0.467 e. The van der Waals surface area contributed by atoms with Crippen LogP contribution >= 0.6 is 0 Å². The number of methoxy groups -OCH3 is 1. The number of hydrazine groups is 1. The van der Waals surface area contributed by atoms with Crippen molar-refractivity contribution in [2.45, 2.75) is 6.10 Å². The number of aliphatic hydroxyl groups is 1. The predicted molar refractivity (Wildman–Crippen MR) is 57.9 cm³/mol. The Balaban J connectivity index is 2.73. The van der Waals surface area contributed by atoms with E-state index >= 15 is 0 Å². The van der Waals surface area contributed by atoms with Crippen molar-refractivity contribution in [3.05, 3.63) is 0 Å². The van der Waals surface area contributed by atoms with Crippen molar-refractivity contribution in [3.63, 3.8) is 0 Å². The number of amides is 1. The van der Waals surface area contributed by atoms with Crippen molar-refractivity contribution >= 4 is 17.8 Å². The lowest BCUT2D eigenvalue weighted by Crippen LogP contribution is -2.34. The van der Waals surface area contributed by atoms with Crippen LogP contribution in [0.15, 0.2) is 0 Å². The Labute approximate surface area is 96.4 Å². The van der Waals surface area contributed by atoms with Crippen LogP contribution in [0.2, 0.25) is 0 Å². The molecule has 10 nitrogen and oxygen atoms in total. The van der Waals surface area contributed by atoms with Gasteiger partial charge in [0.05, 0.1) is 13.7 Å². The van der Waals surface area contributed by atoms with Crippen LogP contribution in [-0.4, -0.2) is 45.7 Å². The molecule has 0 radical (unpaired) electrons. The first kappa shape index (κ1) is 12.9. The molecule has 1 aromatic rings. The lowest BCUT2D eigenvalue weighted by Gasteiger charge is -2.09. The van der Waals surface area contributed by atoms with E-state index < -0.39 is 12.0 Å². The second-order valence-corrected chi connectivity index (χ2v) is 2.91. The summed E-state index contributed by atoms with van der Waals surface area (Å²) in [4.78, 5) is 22.0. The van der Waals surface area contributed by atoms with E-state index in [9.17, 15) is 4.79 Å². The third-order valence-corrected chi connectivity index (χ3v) is 1.71. The van der Waals surface area contributed by atoms with Crippen LogP contribution < -0.4 is 27.1 Å². The van der Waals surface area contributed by atoms with Gasteiger partial charge in [0.2, 0.25) is 17.8 Å². The number of carbonyl (C=O) groups is 1. The van der Waals surface area contributed by atoms with Gasteiger partial charge in [-0.3, -0.25) is 10.2 Å². The van der Waals surface area contributed by atoms with Crippen molar-refractivity contribution in [2.75, 3.05) is 24.4 Å². The number of rotatable bonds is 6. The number of nitrogens with two attached hydrogens (primary N) is 2. The Bertz CT molecular complexity index is 377. The van der Waals surface area contributed by atoms with Gasteiger partial charge in [0.15, 0.2) is 0 Å². The van der Waals surface area contributed by atoms with Crippen molar-refractivity contribution in [1.29, 1.82) is 0 Å². The largest absolute Gasteiger partial charge is 0.467 e. The van der Waals surface area contributed by atoms with Crippen LogP contribution in [-0.2, 0) is 4.79 Å². The third-order valence-electron chi connectivity index (χ3n) is 1.71. The molecule has 1 heterocycles. The summed E-state index contributed by atoms with van der Waals surface area (Å²) in [6.07, 6.45) is -1.34. The fourth-order valence-electron chi connectivity index (χ4n) is 0.880. The molecule has 17 heavy (non-hydrogen) atoms. The average molecular weight is 243 g/mol. The minimum absolute atomic E-state index is 0.0315. The highest BCUT2D eigenvalue weighted by atomic mass is 16.5. The Morgan fingerprint density at radius 2 is 2.12 bits per heavy atom. The van der Waals surface area contributed by atoms with Gasteiger partial charge in [-0.25, -0.2) is 5.84 Å². The highest BCUT2D eigenvalue weighted by Gasteiger charge is 2.12. The molecule has 94 valence electrons. The standard InChI is InChI=1S/C7H13N7O3/c1-17-7-12-5(11-6(13-7)14-9)10-2-3(15)4(8)16/h3,15H,2,9H2,1H3,(H2,8,16)(H2,10,11,12,13,14). The fourth-order valence-corrected chi connectivity index (χ4v) is 0.880. The summed E-state index contributed by atoms with van der Waals surface area (Å²) in [5.74, 6) is 4.45. The molecule has 0 saturated heterocycles. The second-order valence-electron chi connectivity index (χ2n) is 2.91. The average Bonchev–Trinajstić information content (AvgIpc) is 2.35. The Hall–Kier alpha value is -2.20. The van der Waals surface area contributed by atoms with E-state index in [2.05, 4.69) is 25.7 Å². The molecule has 0 saturated carbocycles. The quantitative estimate of drug-likeness (QED) is 0.267. The van der Waals surface area contributed by atoms with E-state index in [4.69, 9.17) is 21.4 Å². The molecular weight excluding hydrogens is 230 g/mol. The number of hydrogen-bond donors (Lipinski definition) is 5. The van der Waals surface area contributed by atoms with E-state index in [1.807, 2.05) is 0 Å². The highest BCUT2D eigenvalue weighted by molar-refractivity contribution is 5.79. The van der Waals surface area contributed by atoms with Crippen molar-refractivity contribution in [2.24, 2.45) is 11.6 Å². The first-order chi connectivity index (χ1) is 8.06. The number of aromatic nitrogens is 3. The zero-order chi connectivity index (χ0) is 12.8. The summed E-state index contributed by atoms with van der Waals surface area (Å²) in [5.41, 5.74) is 7.09. The molecular formula is C7H13N7O3. The number of nitrogens with one attached hydrogen (secondary N) is 2. The van der Waals surface area contributed by atoms with Crippen molar-refractivity contribution in [3.8, 4) is 6.01 Å². The van der Waals surface area contributed by atoms with Gasteiger partial charge in [-0.2, -0.15) is 15.0 Å². The van der Waals surface area contributed by atoms with Gasteiger partial charge < -0.3 is 20.9 Å². The molecule has 0 bridgehead atoms. The number of aliphatic hydroxyl groups excluding tert-OH is 1. The predicted octanol–water partition coefficient (Wildman–Crippen LogP) is -2.58. The van der Waals surface area contributed by atoms with Crippen molar-refractivity contribution < 1.29 is 14.6 Å². The first-order valence-electron chi connectivity index (χ1n) is 4.54. The third kappa shape index (κ3) is 3.70. The van der Waals surface area contributed by atoms with Gasteiger partial charge in [-0.05, 0) is 0 Å². The van der Waals surface area contributed by atoms with Gasteiger partial charge in [-0.1, -0.05) is 0 Å². The van der Waals surface area contributed by atoms with Gasteiger partial charge in [0.25, 0.3) is 0 Å². The monoisotopic (exact) mass is 243 g/mol. The normalized spacial score (nSPS) is 11.7. The topological polar surface area (TPSA) is 161 Å². The maximum absolute atomic E-state index is 10.6. The number of nitrogens with zero attached hydrogens (tertiary/aromatic N) is 3. The number of ether oxygens (including phenoxy) is 1. The van der Waals surface area contributed by atoms with Crippen LogP contribution in [0.1, 0.15) is 0 Å². The van der Waals surface area contributed by atoms with Crippen LogP contribution in [0.25, 0.3) is 0 Å². The molecule has 0 aromatic carbocycles. The van der Waals surface area contributed by atoms with Crippen LogP contribution in [0.3, 0.4) is 0 Å². The van der Waals surface area contributed by atoms with E-state index in [0.717, 1.165) is 0 Å². The van der Waals surface area contributed by atoms with Crippen LogP contribution in [0.5, 0.6) is 6.01 Å². The minimum atomic E-state index is -1.34. The molecule has 0 aliphatic rings. The summed E-state index contributed by atoms with van der Waals surface area (Å²) in [7, 11) is 1.37. The van der Waals surface area contributed by atoms with E-state index in [-0.39, 0.29) is 24.5 Å². The fraction of sp³-hybridized carbons (Fsp3) is 0.429. The van der Waals surface area contributed by atoms with Gasteiger partial charge in [-0.15, -0.1) is 0 Å².